The molecular weight excluding hydrogens is 162 g/mol. The van der Waals surface area contributed by atoms with Crippen molar-refractivity contribution in [1.29, 1.82) is 0 Å². The predicted octanol–water partition coefficient (Wildman–Crippen LogP) is 1.50. The van der Waals surface area contributed by atoms with Crippen LogP contribution in [0.4, 0.5) is 0 Å². The molecule has 3 saturated heterocycles. The van der Waals surface area contributed by atoms with E-state index in [-0.39, 0.29) is 0 Å². The van der Waals surface area contributed by atoms with Gasteiger partial charge in [-0.25, -0.2) is 0 Å². The molecule has 2 nitrogen and oxygen atoms in total. The molecule has 0 aliphatic carbocycles. The number of hydrogen-bond donors (Lipinski definition) is 0. The summed E-state index contributed by atoms with van der Waals surface area (Å²) >= 11 is 0. The van der Waals surface area contributed by atoms with Crippen molar-refractivity contribution >= 4 is 0 Å². The Morgan fingerprint density at radius 2 is 2.08 bits per heavy atom. The van der Waals surface area contributed by atoms with Gasteiger partial charge in [0.05, 0.1) is 12.2 Å². The van der Waals surface area contributed by atoms with Gasteiger partial charge in [-0.2, -0.15) is 0 Å². The second-order valence-corrected chi connectivity index (χ2v) is 5.12. The summed E-state index contributed by atoms with van der Waals surface area (Å²) in [6.45, 7) is 3.65. The molecule has 3 heterocycles. The quantitative estimate of drug-likeness (QED) is 0.561. The summed E-state index contributed by atoms with van der Waals surface area (Å²) in [4.78, 5) is 2.51. The predicted molar refractivity (Wildman–Crippen MR) is 51.6 cm³/mol. The van der Waals surface area contributed by atoms with Gasteiger partial charge in [0.15, 0.2) is 0 Å². The monoisotopic (exact) mass is 181 g/mol. The van der Waals surface area contributed by atoms with Crippen molar-refractivity contribution in [3.05, 3.63) is 0 Å². The van der Waals surface area contributed by atoms with Crippen LogP contribution in [0.1, 0.15) is 26.2 Å². The van der Waals surface area contributed by atoms with Crippen molar-refractivity contribution in [2.45, 2.75) is 44.4 Å². The van der Waals surface area contributed by atoms with Crippen molar-refractivity contribution < 1.29 is 4.74 Å². The van der Waals surface area contributed by atoms with Gasteiger partial charge in [-0.05, 0) is 39.2 Å². The largest absolute Gasteiger partial charge is 0.375 e. The van der Waals surface area contributed by atoms with E-state index in [1.807, 2.05) is 0 Å². The maximum atomic E-state index is 5.98. The van der Waals surface area contributed by atoms with E-state index in [0.717, 1.165) is 17.9 Å². The lowest BCUT2D eigenvalue weighted by Crippen LogP contribution is -2.36. The van der Waals surface area contributed by atoms with E-state index in [2.05, 4.69) is 18.9 Å². The Hall–Kier alpha value is -0.0800. The van der Waals surface area contributed by atoms with Crippen LogP contribution in [0.25, 0.3) is 0 Å². The Morgan fingerprint density at radius 1 is 1.23 bits per heavy atom. The highest BCUT2D eigenvalue weighted by molar-refractivity contribution is 5.00. The van der Waals surface area contributed by atoms with Gasteiger partial charge in [0.25, 0.3) is 0 Å². The zero-order valence-electron chi connectivity index (χ0n) is 8.57. The molecule has 3 aliphatic heterocycles. The second kappa shape index (κ2) is 2.71. The van der Waals surface area contributed by atoms with Crippen LogP contribution in [0, 0.1) is 11.8 Å². The fourth-order valence-electron chi connectivity index (χ4n) is 3.61. The first-order chi connectivity index (χ1) is 6.25. The van der Waals surface area contributed by atoms with E-state index in [0.29, 0.717) is 12.2 Å². The van der Waals surface area contributed by atoms with E-state index in [1.165, 1.54) is 25.8 Å². The smallest absolute Gasteiger partial charge is 0.0623 e. The molecule has 74 valence electrons. The second-order valence-electron chi connectivity index (χ2n) is 5.12. The van der Waals surface area contributed by atoms with E-state index >= 15 is 0 Å². The number of nitrogens with zero attached hydrogens (tertiary/aromatic N) is 1. The zero-order chi connectivity index (χ0) is 9.00. The summed E-state index contributed by atoms with van der Waals surface area (Å²) in [5.41, 5.74) is 0. The van der Waals surface area contributed by atoms with Crippen LogP contribution in [0.15, 0.2) is 0 Å². The summed E-state index contributed by atoms with van der Waals surface area (Å²) in [5.74, 6) is 1.77. The SMILES string of the molecule is CC1C2CC3CCC(O3)C2CN1C. The number of hydrogen-bond acceptors (Lipinski definition) is 2. The molecule has 0 aromatic carbocycles. The summed E-state index contributed by atoms with van der Waals surface area (Å²) < 4.78 is 5.98. The molecule has 2 bridgehead atoms. The molecule has 0 spiro atoms. The number of likely N-dealkylation sites (tertiary alicyclic amines) is 1. The van der Waals surface area contributed by atoms with E-state index in [9.17, 15) is 0 Å². The van der Waals surface area contributed by atoms with Crippen LogP contribution < -0.4 is 0 Å². The average molecular weight is 181 g/mol. The van der Waals surface area contributed by atoms with Crippen molar-refractivity contribution in [3.8, 4) is 0 Å². The van der Waals surface area contributed by atoms with Crippen LogP contribution in [-0.2, 0) is 4.74 Å². The highest BCUT2D eigenvalue weighted by Crippen LogP contribution is 2.45. The molecule has 0 aromatic rings. The molecule has 3 rings (SSSR count). The van der Waals surface area contributed by atoms with Crippen LogP contribution >= 0.6 is 0 Å². The first-order valence-corrected chi connectivity index (χ1v) is 5.61. The normalized spacial score (nSPS) is 55.4. The maximum Gasteiger partial charge on any atom is 0.0623 e. The Kier molecular flexibility index (Phi) is 1.72. The van der Waals surface area contributed by atoms with Gasteiger partial charge in [0, 0.05) is 18.5 Å². The number of fused-ring (bicyclic) bond motifs is 4. The minimum absolute atomic E-state index is 0.608. The van der Waals surface area contributed by atoms with Gasteiger partial charge in [-0.3, -0.25) is 0 Å². The van der Waals surface area contributed by atoms with Crippen LogP contribution in [-0.4, -0.2) is 36.7 Å². The first-order valence-electron chi connectivity index (χ1n) is 5.61. The van der Waals surface area contributed by atoms with E-state index < -0.39 is 0 Å². The summed E-state index contributed by atoms with van der Waals surface area (Å²) in [5, 5.41) is 0. The van der Waals surface area contributed by atoms with Crippen molar-refractivity contribution in [1.82, 2.24) is 4.90 Å². The highest BCUT2D eigenvalue weighted by atomic mass is 16.5. The molecule has 0 aromatic heterocycles. The summed E-state index contributed by atoms with van der Waals surface area (Å²) in [6, 6.07) is 0.789. The third-order valence-corrected chi connectivity index (χ3v) is 4.52. The molecule has 0 amide bonds. The zero-order valence-corrected chi connectivity index (χ0v) is 8.57. The first kappa shape index (κ1) is 8.25. The van der Waals surface area contributed by atoms with E-state index in [1.54, 1.807) is 0 Å². The van der Waals surface area contributed by atoms with E-state index in [4.69, 9.17) is 4.74 Å². The van der Waals surface area contributed by atoms with Crippen molar-refractivity contribution in [3.63, 3.8) is 0 Å². The molecule has 0 saturated carbocycles. The third kappa shape index (κ3) is 1.08. The molecule has 5 unspecified atom stereocenters. The highest BCUT2D eigenvalue weighted by Gasteiger charge is 2.49. The minimum atomic E-state index is 0.608. The van der Waals surface area contributed by atoms with Gasteiger partial charge in [0.1, 0.15) is 0 Å². The van der Waals surface area contributed by atoms with Gasteiger partial charge in [0.2, 0.25) is 0 Å². The fourth-order valence-corrected chi connectivity index (χ4v) is 3.61. The molecule has 3 aliphatic rings. The maximum absolute atomic E-state index is 5.98. The Balaban J connectivity index is 1.85. The standard InChI is InChI=1S/C11H19NO/c1-7-9-5-8-3-4-11(13-8)10(9)6-12(7)2/h7-11H,3-6H2,1-2H3. The summed E-state index contributed by atoms with van der Waals surface area (Å²) in [7, 11) is 2.26. The Bertz CT molecular complexity index is 218. The van der Waals surface area contributed by atoms with Crippen LogP contribution in [0.5, 0.6) is 0 Å². The average Bonchev–Trinajstić information content (AvgIpc) is 2.63. The minimum Gasteiger partial charge on any atom is -0.375 e. The van der Waals surface area contributed by atoms with Crippen LogP contribution in [0.3, 0.4) is 0 Å². The van der Waals surface area contributed by atoms with Gasteiger partial charge >= 0.3 is 0 Å². The van der Waals surface area contributed by atoms with Gasteiger partial charge in [-0.1, -0.05) is 0 Å². The van der Waals surface area contributed by atoms with Crippen LogP contribution in [0.2, 0.25) is 0 Å². The lowest BCUT2D eigenvalue weighted by atomic mass is 9.83. The molecule has 5 atom stereocenters. The topological polar surface area (TPSA) is 12.5 Å². The molecule has 0 radical (unpaired) electrons. The lowest BCUT2D eigenvalue weighted by Gasteiger charge is -2.33. The molecule has 13 heavy (non-hydrogen) atoms. The van der Waals surface area contributed by atoms with Gasteiger partial charge < -0.3 is 9.64 Å². The Labute approximate surface area is 80.2 Å². The number of rotatable bonds is 0. The number of ether oxygens (including phenoxy) is 1. The van der Waals surface area contributed by atoms with Gasteiger partial charge in [-0.15, -0.1) is 0 Å². The Morgan fingerprint density at radius 3 is 2.92 bits per heavy atom. The molecule has 3 fully saturated rings. The fraction of sp³-hybridized carbons (Fsp3) is 1.00. The lowest BCUT2D eigenvalue weighted by molar-refractivity contribution is -0.0504. The molecule has 2 heteroatoms. The third-order valence-electron chi connectivity index (χ3n) is 4.52. The van der Waals surface area contributed by atoms with Crippen molar-refractivity contribution in [2.24, 2.45) is 11.8 Å². The summed E-state index contributed by atoms with van der Waals surface area (Å²) in [6.07, 6.45) is 5.20. The molecule has 0 N–H and O–H groups in total. The molecular formula is C11H19NO. The van der Waals surface area contributed by atoms with Crippen molar-refractivity contribution in [2.75, 3.05) is 13.6 Å².